The molecule has 1 heterocycles. The highest BCUT2D eigenvalue weighted by Gasteiger charge is 2.30. The third kappa shape index (κ3) is 3.72. The van der Waals surface area contributed by atoms with E-state index >= 15 is 0 Å². The largest absolute Gasteiger partial charge is 0.481 e. The van der Waals surface area contributed by atoms with Gasteiger partial charge in [-0.3, -0.25) is 14.5 Å². The average molecular weight is 352 g/mol. The second-order valence-electron chi connectivity index (χ2n) is 7.52. The Balaban J connectivity index is 1.75. The van der Waals surface area contributed by atoms with E-state index in [4.69, 9.17) is 4.74 Å². The predicted molar refractivity (Wildman–Crippen MR) is 103 cm³/mol. The van der Waals surface area contributed by atoms with Gasteiger partial charge in [-0.1, -0.05) is 45.0 Å². The van der Waals surface area contributed by atoms with Gasteiger partial charge in [-0.15, -0.1) is 0 Å². The number of ether oxygens (including phenoxy) is 1. The maximum atomic E-state index is 12.9. The van der Waals surface area contributed by atoms with Crippen LogP contribution in [0.25, 0.3) is 0 Å². The number of benzene rings is 2. The molecule has 2 aromatic rings. The first-order chi connectivity index (χ1) is 12.3. The van der Waals surface area contributed by atoms with Gasteiger partial charge in [-0.25, -0.2) is 0 Å². The molecule has 1 aliphatic heterocycles. The number of rotatable bonds is 3. The number of amides is 2. The van der Waals surface area contributed by atoms with E-state index in [2.05, 4.69) is 26.1 Å². The van der Waals surface area contributed by atoms with Crippen molar-refractivity contribution in [2.75, 3.05) is 16.8 Å². The zero-order valence-corrected chi connectivity index (χ0v) is 15.6. The highest BCUT2D eigenvalue weighted by Crippen LogP contribution is 2.30. The van der Waals surface area contributed by atoms with Crippen molar-refractivity contribution in [2.45, 2.75) is 39.2 Å². The monoisotopic (exact) mass is 352 g/mol. The van der Waals surface area contributed by atoms with Crippen molar-refractivity contribution in [2.24, 2.45) is 0 Å². The molecule has 0 aromatic heterocycles. The molecule has 3 rings (SSSR count). The molecule has 136 valence electrons. The maximum absolute atomic E-state index is 12.9. The minimum absolute atomic E-state index is 0.00743. The number of fused-ring (bicyclic) bond motifs is 1. The molecular weight excluding hydrogens is 328 g/mol. The van der Waals surface area contributed by atoms with Gasteiger partial charge in [0.15, 0.2) is 6.10 Å². The summed E-state index contributed by atoms with van der Waals surface area (Å²) in [5.41, 5.74) is 2.59. The third-order valence-corrected chi connectivity index (χ3v) is 4.42. The number of nitrogens with one attached hydrogen (secondary N) is 1. The number of nitrogens with zero attached hydrogens (tertiary/aromatic N) is 1. The van der Waals surface area contributed by atoms with Crippen LogP contribution in [-0.2, 0) is 15.0 Å². The van der Waals surface area contributed by atoms with Crippen LogP contribution in [0.5, 0.6) is 5.75 Å². The average Bonchev–Trinajstić information content (AvgIpc) is 2.60. The summed E-state index contributed by atoms with van der Waals surface area (Å²) in [6.45, 7) is 8.14. The van der Waals surface area contributed by atoms with E-state index in [0.717, 1.165) is 0 Å². The van der Waals surface area contributed by atoms with Crippen LogP contribution >= 0.6 is 0 Å². The maximum Gasteiger partial charge on any atom is 0.268 e. The molecule has 1 aliphatic rings. The first-order valence-corrected chi connectivity index (χ1v) is 8.73. The Morgan fingerprint density at radius 1 is 1.12 bits per heavy atom. The quantitative estimate of drug-likeness (QED) is 0.915. The fourth-order valence-corrected chi connectivity index (χ4v) is 2.94. The van der Waals surface area contributed by atoms with Gasteiger partial charge in [-0.05, 0) is 42.2 Å². The fourth-order valence-electron chi connectivity index (χ4n) is 2.94. The Morgan fingerprint density at radius 3 is 2.42 bits per heavy atom. The lowest BCUT2D eigenvalue weighted by Gasteiger charge is -2.31. The summed E-state index contributed by atoms with van der Waals surface area (Å²) in [5, 5.41) is 2.78. The van der Waals surface area contributed by atoms with E-state index in [1.807, 2.05) is 42.5 Å². The zero-order valence-electron chi connectivity index (χ0n) is 15.6. The highest BCUT2D eigenvalue weighted by atomic mass is 16.5. The summed E-state index contributed by atoms with van der Waals surface area (Å²) in [6.07, 6.45) is -0.700. The van der Waals surface area contributed by atoms with E-state index in [9.17, 15) is 9.59 Å². The Kier molecular flexibility index (Phi) is 4.72. The first kappa shape index (κ1) is 18.0. The molecule has 0 saturated heterocycles. The normalized spacial score (nSPS) is 15.1. The van der Waals surface area contributed by atoms with Gasteiger partial charge in [0.05, 0.1) is 11.4 Å². The minimum Gasteiger partial charge on any atom is -0.481 e. The molecule has 5 nitrogen and oxygen atoms in total. The molecule has 0 spiro atoms. The fraction of sp³-hybridized carbons (Fsp3) is 0.333. The van der Waals surface area contributed by atoms with Crippen molar-refractivity contribution in [1.29, 1.82) is 0 Å². The van der Waals surface area contributed by atoms with Gasteiger partial charge in [0.1, 0.15) is 12.3 Å². The molecule has 2 aromatic carbocycles. The van der Waals surface area contributed by atoms with Crippen LogP contribution in [0.3, 0.4) is 0 Å². The van der Waals surface area contributed by atoms with Gasteiger partial charge < -0.3 is 10.1 Å². The molecule has 0 aliphatic carbocycles. The smallest absolute Gasteiger partial charge is 0.268 e. The molecule has 0 fully saturated rings. The van der Waals surface area contributed by atoms with Crippen molar-refractivity contribution in [1.82, 2.24) is 0 Å². The van der Waals surface area contributed by atoms with Crippen LogP contribution in [0.15, 0.2) is 48.5 Å². The summed E-state index contributed by atoms with van der Waals surface area (Å²) in [4.78, 5) is 26.2. The number of carbonyl (C=O) groups is 2. The lowest BCUT2D eigenvalue weighted by atomic mass is 9.87. The van der Waals surface area contributed by atoms with Crippen LogP contribution in [-0.4, -0.2) is 24.5 Å². The molecule has 5 heteroatoms. The number of anilines is 2. The lowest BCUT2D eigenvalue weighted by molar-refractivity contribution is -0.126. The topological polar surface area (TPSA) is 58.6 Å². The van der Waals surface area contributed by atoms with E-state index < -0.39 is 6.10 Å². The van der Waals surface area contributed by atoms with Gasteiger partial charge in [-0.2, -0.15) is 0 Å². The van der Waals surface area contributed by atoms with E-state index in [0.29, 0.717) is 17.1 Å². The number of carbonyl (C=O) groups excluding carboxylic acids is 2. The molecule has 26 heavy (non-hydrogen) atoms. The summed E-state index contributed by atoms with van der Waals surface area (Å²) < 4.78 is 5.82. The molecule has 0 bridgehead atoms. The first-order valence-electron chi connectivity index (χ1n) is 8.73. The SMILES string of the molecule is C[C@@H](Oc1ccc(C(C)(C)C)cc1)C(=O)N1CC(=O)Nc2ccccc21. The van der Waals surface area contributed by atoms with E-state index in [1.54, 1.807) is 13.0 Å². The third-order valence-electron chi connectivity index (χ3n) is 4.42. The molecule has 1 N–H and O–H groups in total. The Bertz CT molecular complexity index is 822. The second-order valence-corrected chi connectivity index (χ2v) is 7.52. The minimum atomic E-state index is -0.700. The van der Waals surface area contributed by atoms with Gasteiger partial charge in [0, 0.05) is 0 Å². The summed E-state index contributed by atoms with van der Waals surface area (Å²) in [6, 6.07) is 15.0. The number of hydrogen-bond donors (Lipinski definition) is 1. The van der Waals surface area contributed by atoms with Crippen molar-refractivity contribution >= 4 is 23.2 Å². The standard InChI is InChI=1S/C21H24N2O3/c1-14(26-16-11-9-15(10-12-16)21(2,3)4)20(25)23-13-19(24)22-17-7-5-6-8-18(17)23/h5-12,14H,13H2,1-4H3,(H,22,24)/t14-/m1/s1. The molecule has 1 atom stereocenters. The van der Waals surface area contributed by atoms with Crippen molar-refractivity contribution in [3.8, 4) is 5.75 Å². The van der Waals surface area contributed by atoms with Gasteiger partial charge in [0.25, 0.3) is 5.91 Å². The Hall–Kier alpha value is -2.82. The van der Waals surface area contributed by atoms with Crippen LogP contribution in [0.4, 0.5) is 11.4 Å². The predicted octanol–water partition coefficient (Wildman–Crippen LogP) is 3.74. The van der Waals surface area contributed by atoms with Crippen LogP contribution in [0, 0.1) is 0 Å². The molecule has 0 saturated carbocycles. The molecular formula is C21H24N2O3. The summed E-state index contributed by atoms with van der Waals surface area (Å²) in [7, 11) is 0. The molecule has 0 radical (unpaired) electrons. The highest BCUT2D eigenvalue weighted by molar-refractivity contribution is 6.10. The van der Waals surface area contributed by atoms with Crippen LogP contribution < -0.4 is 15.0 Å². The van der Waals surface area contributed by atoms with E-state index in [1.165, 1.54) is 10.5 Å². The zero-order chi connectivity index (χ0) is 18.9. The number of para-hydroxylation sites is 2. The second kappa shape index (κ2) is 6.83. The Morgan fingerprint density at radius 2 is 1.77 bits per heavy atom. The van der Waals surface area contributed by atoms with Gasteiger partial charge >= 0.3 is 0 Å². The van der Waals surface area contributed by atoms with Crippen molar-refractivity contribution < 1.29 is 14.3 Å². The van der Waals surface area contributed by atoms with Crippen LogP contribution in [0.1, 0.15) is 33.3 Å². The van der Waals surface area contributed by atoms with Crippen molar-refractivity contribution in [3.63, 3.8) is 0 Å². The van der Waals surface area contributed by atoms with Crippen LogP contribution in [0.2, 0.25) is 0 Å². The number of hydrogen-bond acceptors (Lipinski definition) is 3. The molecule has 0 unspecified atom stereocenters. The summed E-state index contributed by atoms with van der Waals surface area (Å²) in [5.74, 6) is 0.180. The Labute approximate surface area is 154 Å². The van der Waals surface area contributed by atoms with Crippen molar-refractivity contribution in [3.05, 3.63) is 54.1 Å². The van der Waals surface area contributed by atoms with Gasteiger partial charge in [0.2, 0.25) is 5.91 Å². The summed E-state index contributed by atoms with van der Waals surface area (Å²) >= 11 is 0. The molecule has 2 amide bonds. The van der Waals surface area contributed by atoms with E-state index in [-0.39, 0.29) is 23.8 Å². The lowest BCUT2D eigenvalue weighted by Crippen LogP contribution is -2.47.